The van der Waals surface area contributed by atoms with Crippen LogP contribution in [0.4, 0.5) is 0 Å². The van der Waals surface area contributed by atoms with E-state index < -0.39 is 0 Å². The molecule has 2 aliphatic heterocycles. The highest BCUT2D eigenvalue weighted by Crippen LogP contribution is 2.40. The van der Waals surface area contributed by atoms with Crippen LogP contribution in [0.15, 0.2) is 25.7 Å². The Morgan fingerprint density at radius 3 is 2.64 bits per heavy atom. The zero-order chi connectivity index (χ0) is 9.97. The van der Waals surface area contributed by atoms with Gasteiger partial charge in [-0.25, -0.2) is 0 Å². The van der Waals surface area contributed by atoms with Crippen LogP contribution < -0.4 is 0 Å². The van der Waals surface area contributed by atoms with Crippen LogP contribution in [0, 0.1) is 5.92 Å². The van der Waals surface area contributed by atoms with Gasteiger partial charge in [0.2, 0.25) is 0 Å². The number of fused-ring (bicyclic) bond motifs is 2. The van der Waals surface area contributed by atoms with E-state index in [0.29, 0.717) is 18.6 Å². The first-order valence-corrected chi connectivity index (χ1v) is 4.99. The lowest BCUT2D eigenvalue weighted by Gasteiger charge is -2.23. The molecule has 0 N–H and O–H groups in total. The van der Waals surface area contributed by atoms with Crippen LogP contribution >= 0.6 is 0 Å². The maximum Gasteiger partial charge on any atom is 0.126 e. The molecular weight excluding hydrogens is 180 g/mol. The zero-order valence-corrected chi connectivity index (χ0v) is 8.22. The minimum atomic E-state index is 0.206. The first-order chi connectivity index (χ1) is 6.85. The molecule has 4 unspecified atom stereocenters. The first-order valence-electron chi connectivity index (χ1n) is 4.99. The van der Waals surface area contributed by atoms with Gasteiger partial charge in [0, 0.05) is 12.3 Å². The fraction of sp³-hybridized carbons (Fsp3) is 0.636. The second kappa shape index (κ2) is 4.05. The van der Waals surface area contributed by atoms with Gasteiger partial charge in [-0.2, -0.15) is 0 Å². The normalized spacial score (nSPS) is 39.4. The molecule has 2 heterocycles. The molecule has 0 aliphatic carbocycles. The molecule has 78 valence electrons. The SMILES string of the molecule is C=COCC1CC2OC1CC2OC=C. The van der Waals surface area contributed by atoms with Gasteiger partial charge in [-0.1, -0.05) is 13.2 Å². The first kappa shape index (κ1) is 9.59. The highest BCUT2D eigenvalue weighted by Gasteiger charge is 2.48. The molecule has 2 saturated heterocycles. The van der Waals surface area contributed by atoms with Gasteiger partial charge in [0.25, 0.3) is 0 Å². The molecule has 0 saturated carbocycles. The van der Waals surface area contributed by atoms with E-state index in [4.69, 9.17) is 14.2 Å². The van der Waals surface area contributed by atoms with Crippen molar-refractivity contribution in [1.82, 2.24) is 0 Å². The van der Waals surface area contributed by atoms with E-state index in [2.05, 4.69) is 13.2 Å². The third-order valence-corrected chi connectivity index (χ3v) is 2.99. The van der Waals surface area contributed by atoms with Crippen molar-refractivity contribution in [3.05, 3.63) is 25.7 Å². The Hall–Kier alpha value is -0.960. The average Bonchev–Trinajstić information content (AvgIpc) is 2.74. The summed E-state index contributed by atoms with van der Waals surface area (Å²) in [6.45, 7) is 7.80. The number of hydrogen-bond acceptors (Lipinski definition) is 3. The molecule has 2 aliphatic rings. The summed E-state index contributed by atoms with van der Waals surface area (Å²) in [4.78, 5) is 0. The van der Waals surface area contributed by atoms with Gasteiger partial charge >= 0.3 is 0 Å². The lowest BCUT2D eigenvalue weighted by Crippen LogP contribution is -2.30. The number of ether oxygens (including phenoxy) is 3. The fourth-order valence-corrected chi connectivity index (χ4v) is 2.34. The Morgan fingerprint density at radius 1 is 1.21 bits per heavy atom. The topological polar surface area (TPSA) is 27.7 Å². The smallest absolute Gasteiger partial charge is 0.126 e. The quantitative estimate of drug-likeness (QED) is 0.628. The van der Waals surface area contributed by atoms with Gasteiger partial charge < -0.3 is 14.2 Å². The van der Waals surface area contributed by atoms with E-state index in [1.807, 2.05) is 0 Å². The Balaban J connectivity index is 1.83. The molecule has 2 bridgehead atoms. The highest BCUT2D eigenvalue weighted by molar-refractivity contribution is 4.96. The number of hydrogen-bond donors (Lipinski definition) is 0. The van der Waals surface area contributed by atoms with Crippen molar-refractivity contribution in [3.8, 4) is 0 Å². The Labute approximate surface area is 84.3 Å². The van der Waals surface area contributed by atoms with E-state index in [-0.39, 0.29) is 12.2 Å². The summed E-state index contributed by atoms with van der Waals surface area (Å²) in [5.74, 6) is 0.502. The fourth-order valence-electron chi connectivity index (χ4n) is 2.34. The molecule has 0 aromatic carbocycles. The van der Waals surface area contributed by atoms with Crippen molar-refractivity contribution in [3.63, 3.8) is 0 Å². The second-order valence-electron chi connectivity index (χ2n) is 3.79. The van der Waals surface area contributed by atoms with Crippen LogP contribution in [0.3, 0.4) is 0 Å². The summed E-state index contributed by atoms with van der Waals surface area (Å²) >= 11 is 0. The largest absolute Gasteiger partial charge is 0.501 e. The lowest BCUT2D eigenvalue weighted by atomic mass is 9.88. The molecule has 0 aromatic heterocycles. The molecular formula is C11H16O3. The van der Waals surface area contributed by atoms with E-state index in [0.717, 1.165) is 12.8 Å². The molecule has 2 rings (SSSR count). The van der Waals surface area contributed by atoms with Crippen LogP contribution in [0.1, 0.15) is 12.8 Å². The van der Waals surface area contributed by atoms with Gasteiger partial charge in [-0.15, -0.1) is 0 Å². The second-order valence-corrected chi connectivity index (χ2v) is 3.79. The van der Waals surface area contributed by atoms with Gasteiger partial charge in [0.1, 0.15) is 6.10 Å². The minimum Gasteiger partial charge on any atom is -0.501 e. The van der Waals surface area contributed by atoms with E-state index in [9.17, 15) is 0 Å². The van der Waals surface area contributed by atoms with E-state index in [1.54, 1.807) is 0 Å². The molecule has 0 radical (unpaired) electrons. The van der Waals surface area contributed by atoms with Gasteiger partial charge in [-0.3, -0.25) is 0 Å². The summed E-state index contributed by atoms with van der Waals surface area (Å²) in [6, 6.07) is 0. The van der Waals surface area contributed by atoms with Crippen molar-refractivity contribution in [1.29, 1.82) is 0 Å². The van der Waals surface area contributed by atoms with Crippen LogP contribution in [0.25, 0.3) is 0 Å². The van der Waals surface area contributed by atoms with Gasteiger partial charge in [0.15, 0.2) is 0 Å². The van der Waals surface area contributed by atoms with E-state index >= 15 is 0 Å². The van der Waals surface area contributed by atoms with E-state index in [1.165, 1.54) is 12.5 Å². The lowest BCUT2D eigenvalue weighted by molar-refractivity contribution is 0.0442. The summed E-state index contributed by atoms with van der Waals surface area (Å²) in [6.07, 6.45) is 5.71. The monoisotopic (exact) mass is 196 g/mol. The predicted molar refractivity (Wildman–Crippen MR) is 52.6 cm³/mol. The Bertz CT molecular complexity index is 227. The third kappa shape index (κ3) is 1.64. The van der Waals surface area contributed by atoms with Crippen molar-refractivity contribution in [2.45, 2.75) is 31.2 Å². The van der Waals surface area contributed by atoms with Crippen LogP contribution in [0.2, 0.25) is 0 Å². The summed E-state index contributed by atoms with van der Waals surface area (Å²) in [7, 11) is 0. The maximum absolute atomic E-state index is 5.76. The Kier molecular flexibility index (Phi) is 2.77. The zero-order valence-electron chi connectivity index (χ0n) is 8.22. The minimum absolute atomic E-state index is 0.206. The molecule has 0 aromatic rings. The van der Waals surface area contributed by atoms with Crippen molar-refractivity contribution in [2.24, 2.45) is 5.92 Å². The number of rotatable bonds is 5. The molecule has 2 fully saturated rings. The molecule has 3 heteroatoms. The van der Waals surface area contributed by atoms with Gasteiger partial charge in [0.05, 0.1) is 31.3 Å². The van der Waals surface area contributed by atoms with Crippen molar-refractivity contribution < 1.29 is 14.2 Å². The maximum atomic E-state index is 5.76. The van der Waals surface area contributed by atoms with Crippen LogP contribution in [0.5, 0.6) is 0 Å². The Morgan fingerprint density at radius 2 is 2.07 bits per heavy atom. The molecule has 0 amide bonds. The van der Waals surface area contributed by atoms with Crippen LogP contribution in [-0.4, -0.2) is 24.9 Å². The molecule has 0 spiro atoms. The summed E-state index contributed by atoms with van der Waals surface area (Å²) in [5, 5.41) is 0. The third-order valence-electron chi connectivity index (χ3n) is 2.99. The summed E-state index contributed by atoms with van der Waals surface area (Å²) < 4.78 is 16.3. The van der Waals surface area contributed by atoms with Crippen LogP contribution in [-0.2, 0) is 14.2 Å². The highest BCUT2D eigenvalue weighted by atomic mass is 16.6. The molecule has 14 heavy (non-hydrogen) atoms. The van der Waals surface area contributed by atoms with Crippen molar-refractivity contribution >= 4 is 0 Å². The molecule has 4 atom stereocenters. The predicted octanol–water partition coefficient (Wildman–Crippen LogP) is 1.85. The standard InChI is InChI=1S/C11H16O3/c1-3-12-7-8-5-11-10(13-4-2)6-9(8)14-11/h3-4,8-11H,1-2,5-7H2. The summed E-state index contributed by atoms with van der Waals surface area (Å²) in [5.41, 5.74) is 0. The van der Waals surface area contributed by atoms with Crippen molar-refractivity contribution in [2.75, 3.05) is 6.61 Å². The molecule has 3 nitrogen and oxygen atoms in total. The van der Waals surface area contributed by atoms with Gasteiger partial charge in [-0.05, 0) is 6.42 Å². The average molecular weight is 196 g/mol.